The summed E-state index contributed by atoms with van der Waals surface area (Å²) in [6.45, 7) is 0. The molecule has 136 valence electrons. The predicted molar refractivity (Wildman–Crippen MR) is 110 cm³/mol. The lowest BCUT2D eigenvalue weighted by Gasteiger charge is -2.10. The van der Waals surface area contributed by atoms with Gasteiger partial charge in [0.1, 0.15) is 0 Å². The zero-order valence-corrected chi connectivity index (χ0v) is 16.4. The van der Waals surface area contributed by atoms with Crippen molar-refractivity contribution in [3.8, 4) is 22.5 Å². The molecule has 2 heterocycles. The molecule has 9 heteroatoms. The fourth-order valence-electron chi connectivity index (χ4n) is 2.28. The zero-order chi connectivity index (χ0) is 19.2. The minimum Gasteiger partial charge on any atom is -0.493 e. The number of hydrogen-bond donors (Lipinski definition) is 2. The third-order valence-corrected chi connectivity index (χ3v) is 5.23. The monoisotopic (exact) mass is 417 g/mol. The van der Waals surface area contributed by atoms with Gasteiger partial charge in [0.05, 0.1) is 39.1 Å². The summed E-state index contributed by atoms with van der Waals surface area (Å²) in [5, 5.41) is 17.1. The fourth-order valence-corrected chi connectivity index (χ4v) is 3.56. The van der Waals surface area contributed by atoms with Gasteiger partial charge in [-0.05, 0) is 24.3 Å². The highest BCUT2D eigenvalue weighted by Gasteiger charge is 2.16. The van der Waals surface area contributed by atoms with E-state index in [9.17, 15) is 0 Å². The second-order valence-corrected chi connectivity index (χ2v) is 6.79. The number of methoxy groups -OCH3 is 1. The van der Waals surface area contributed by atoms with Crippen molar-refractivity contribution in [2.45, 2.75) is 0 Å². The maximum Gasteiger partial charge on any atom is 0.214 e. The Morgan fingerprint density at radius 3 is 2.81 bits per heavy atom. The van der Waals surface area contributed by atoms with Gasteiger partial charge in [0, 0.05) is 11.6 Å². The number of aromatic nitrogens is 1. The lowest BCUT2D eigenvalue weighted by Crippen LogP contribution is -2.26. The number of aliphatic imine (C=N–C) groups is 1. The number of ether oxygens (including phenoxy) is 1. The van der Waals surface area contributed by atoms with E-state index in [2.05, 4.69) is 20.6 Å². The number of hydrogen-bond acceptors (Lipinski definition) is 5. The van der Waals surface area contributed by atoms with Gasteiger partial charge < -0.3 is 10.1 Å². The molecule has 0 unspecified atom stereocenters. The Bertz CT molecular complexity index is 1010. The third-order valence-electron chi connectivity index (χ3n) is 3.44. The minimum absolute atomic E-state index is 0.185. The Balaban J connectivity index is 1.96. The van der Waals surface area contributed by atoms with E-state index in [-0.39, 0.29) is 5.96 Å². The van der Waals surface area contributed by atoms with Crippen molar-refractivity contribution in [1.82, 2.24) is 10.3 Å². The van der Waals surface area contributed by atoms with Crippen LogP contribution in [-0.2, 0) is 0 Å². The molecule has 0 saturated carbocycles. The molecule has 2 aromatic heterocycles. The summed E-state index contributed by atoms with van der Waals surface area (Å²) >= 11 is 13.7. The molecule has 2 N–H and O–H groups in total. The molecule has 0 fully saturated rings. The average Bonchev–Trinajstić information content (AvgIpc) is 3.09. The first-order chi connectivity index (χ1) is 13.1. The number of rotatable bonds is 4. The molecule has 0 bridgehead atoms. The highest BCUT2D eigenvalue weighted by atomic mass is 35.5. The van der Waals surface area contributed by atoms with E-state index in [4.69, 9.17) is 33.2 Å². The molecule has 0 spiro atoms. The van der Waals surface area contributed by atoms with Gasteiger partial charge >= 0.3 is 0 Å². The van der Waals surface area contributed by atoms with Crippen molar-refractivity contribution >= 4 is 51.9 Å². The molecule has 3 rings (SSSR count). The number of anilines is 1. The second-order valence-electron chi connectivity index (χ2n) is 5.12. The SMILES string of the molecule is COc1c(NC(=Nc2cccc(Cl)c2Cl)NC#N)csc1-c1ccccn1. The van der Waals surface area contributed by atoms with Gasteiger partial charge in [-0.3, -0.25) is 10.3 Å². The molecule has 27 heavy (non-hydrogen) atoms. The highest BCUT2D eigenvalue weighted by Crippen LogP contribution is 2.41. The van der Waals surface area contributed by atoms with Crippen LogP contribution in [-0.4, -0.2) is 18.1 Å². The second kappa shape index (κ2) is 8.73. The average molecular weight is 418 g/mol. The van der Waals surface area contributed by atoms with Gasteiger partial charge in [-0.2, -0.15) is 5.26 Å². The number of halogens is 2. The summed E-state index contributed by atoms with van der Waals surface area (Å²) in [6.07, 6.45) is 3.56. The third kappa shape index (κ3) is 4.31. The normalized spacial score (nSPS) is 11.0. The van der Waals surface area contributed by atoms with Crippen LogP contribution in [0.15, 0.2) is 53.0 Å². The Labute approximate surface area is 170 Å². The minimum atomic E-state index is 0.185. The van der Waals surface area contributed by atoms with Crippen molar-refractivity contribution in [2.24, 2.45) is 4.99 Å². The molecule has 6 nitrogen and oxygen atoms in total. The topological polar surface area (TPSA) is 82.3 Å². The van der Waals surface area contributed by atoms with Crippen LogP contribution >= 0.6 is 34.5 Å². The van der Waals surface area contributed by atoms with Crippen molar-refractivity contribution < 1.29 is 4.74 Å². The molecular formula is C18H13Cl2N5OS. The summed E-state index contributed by atoms with van der Waals surface area (Å²) in [5.74, 6) is 0.786. The van der Waals surface area contributed by atoms with Crippen LogP contribution in [0.25, 0.3) is 10.6 Å². The Morgan fingerprint density at radius 2 is 2.11 bits per heavy atom. The first-order valence-electron chi connectivity index (χ1n) is 7.65. The molecule has 0 atom stereocenters. The van der Waals surface area contributed by atoms with Gasteiger partial charge in [-0.1, -0.05) is 35.3 Å². The van der Waals surface area contributed by atoms with E-state index in [0.29, 0.717) is 27.2 Å². The van der Waals surface area contributed by atoms with E-state index in [0.717, 1.165) is 10.6 Å². The number of nitrogens with one attached hydrogen (secondary N) is 2. The van der Waals surface area contributed by atoms with Crippen molar-refractivity contribution in [2.75, 3.05) is 12.4 Å². The molecular weight excluding hydrogens is 405 g/mol. The van der Waals surface area contributed by atoms with Crippen LogP contribution in [0.5, 0.6) is 5.75 Å². The van der Waals surface area contributed by atoms with Gasteiger partial charge in [-0.25, -0.2) is 4.99 Å². The zero-order valence-electron chi connectivity index (χ0n) is 14.0. The number of pyridine rings is 1. The van der Waals surface area contributed by atoms with Crippen LogP contribution in [0.3, 0.4) is 0 Å². The number of thiophene rings is 1. The van der Waals surface area contributed by atoms with E-state index in [1.165, 1.54) is 11.3 Å². The van der Waals surface area contributed by atoms with Gasteiger partial charge in [0.2, 0.25) is 5.96 Å². The number of guanidine groups is 1. The van der Waals surface area contributed by atoms with Crippen LogP contribution in [0.2, 0.25) is 10.0 Å². The number of nitrogens with zero attached hydrogens (tertiary/aromatic N) is 3. The maximum atomic E-state index is 9.05. The Kier molecular flexibility index (Phi) is 6.14. The van der Waals surface area contributed by atoms with E-state index >= 15 is 0 Å². The summed E-state index contributed by atoms with van der Waals surface area (Å²) in [6, 6.07) is 10.7. The van der Waals surface area contributed by atoms with Gasteiger partial charge in [0.25, 0.3) is 0 Å². The Hall–Kier alpha value is -2.79. The van der Waals surface area contributed by atoms with E-state index < -0.39 is 0 Å². The molecule has 0 saturated heterocycles. The highest BCUT2D eigenvalue weighted by molar-refractivity contribution is 7.14. The van der Waals surface area contributed by atoms with Gasteiger partial charge in [-0.15, -0.1) is 11.3 Å². The van der Waals surface area contributed by atoms with Crippen molar-refractivity contribution in [3.05, 3.63) is 58.0 Å². The number of nitriles is 1. The summed E-state index contributed by atoms with van der Waals surface area (Å²) in [4.78, 5) is 9.56. The molecule has 0 aliphatic heterocycles. The van der Waals surface area contributed by atoms with Crippen LogP contribution < -0.4 is 15.4 Å². The smallest absolute Gasteiger partial charge is 0.214 e. The lowest BCUT2D eigenvalue weighted by atomic mass is 10.2. The summed E-state index contributed by atoms with van der Waals surface area (Å²) < 4.78 is 5.54. The Morgan fingerprint density at radius 1 is 1.26 bits per heavy atom. The standard InChI is InChI=1S/C18H13Cl2N5OS/c1-26-16-14(9-27-17(16)13-6-2-3-8-22-13)25-18(23-10-21)24-12-7-4-5-11(19)15(12)20/h2-9H,1H3,(H2,23,24,25). The molecule has 0 aliphatic carbocycles. The largest absolute Gasteiger partial charge is 0.493 e. The molecule has 0 amide bonds. The molecule has 3 aromatic rings. The van der Waals surface area contributed by atoms with Crippen molar-refractivity contribution in [3.63, 3.8) is 0 Å². The van der Waals surface area contributed by atoms with Crippen LogP contribution in [0.4, 0.5) is 11.4 Å². The fraction of sp³-hybridized carbons (Fsp3) is 0.0556. The maximum absolute atomic E-state index is 9.05. The van der Waals surface area contributed by atoms with E-state index in [1.54, 1.807) is 31.5 Å². The van der Waals surface area contributed by atoms with Gasteiger partial charge in [0.15, 0.2) is 11.9 Å². The molecule has 1 aromatic carbocycles. The number of benzene rings is 1. The summed E-state index contributed by atoms with van der Waals surface area (Å²) in [5.41, 5.74) is 1.85. The first kappa shape index (κ1) is 19.0. The van der Waals surface area contributed by atoms with Crippen LogP contribution in [0.1, 0.15) is 0 Å². The summed E-state index contributed by atoms with van der Waals surface area (Å²) in [7, 11) is 1.57. The van der Waals surface area contributed by atoms with Crippen LogP contribution in [0, 0.1) is 11.5 Å². The van der Waals surface area contributed by atoms with Crippen molar-refractivity contribution in [1.29, 1.82) is 5.26 Å². The molecule has 0 aliphatic rings. The lowest BCUT2D eigenvalue weighted by molar-refractivity contribution is 0.420. The quantitative estimate of drug-likeness (QED) is 0.260. The molecule has 0 radical (unpaired) electrons. The first-order valence-corrected chi connectivity index (χ1v) is 9.29. The van der Waals surface area contributed by atoms with E-state index in [1.807, 2.05) is 29.8 Å². The predicted octanol–water partition coefficient (Wildman–Crippen LogP) is 5.30.